The van der Waals surface area contributed by atoms with Crippen molar-refractivity contribution < 1.29 is 4.79 Å². The number of anilines is 1. The first-order valence-corrected chi connectivity index (χ1v) is 13.5. The average Bonchev–Trinajstić information content (AvgIpc) is 3.36. The van der Waals surface area contributed by atoms with Crippen LogP contribution in [0.5, 0.6) is 0 Å². The molecule has 2 N–H and O–H groups in total. The third-order valence-electron chi connectivity index (χ3n) is 7.83. The number of likely N-dealkylation sites (tertiary alicyclic amines) is 1. The number of benzene rings is 2. The molecule has 1 fully saturated rings. The third kappa shape index (κ3) is 5.07. The molecule has 39 heavy (non-hydrogen) atoms. The summed E-state index contributed by atoms with van der Waals surface area (Å²) in [6.07, 6.45) is 11.2. The number of aromatic nitrogens is 4. The minimum Gasteiger partial charge on any atom is -0.378 e. The van der Waals surface area contributed by atoms with Gasteiger partial charge in [0.2, 0.25) is 5.91 Å². The normalized spacial score (nSPS) is 15.1. The molecule has 1 saturated heterocycles. The van der Waals surface area contributed by atoms with Crippen molar-refractivity contribution in [1.29, 1.82) is 0 Å². The maximum absolute atomic E-state index is 12.4. The molecule has 0 radical (unpaired) electrons. The second-order valence-electron chi connectivity index (χ2n) is 10.3. The Morgan fingerprint density at radius 3 is 2.69 bits per heavy atom. The fourth-order valence-corrected chi connectivity index (χ4v) is 5.77. The molecule has 0 saturated carbocycles. The highest BCUT2D eigenvalue weighted by Crippen LogP contribution is 2.37. The molecule has 2 aromatic carbocycles. The summed E-state index contributed by atoms with van der Waals surface area (Å²) in [5.41, 5.74) is 7.19. The molecule has 1 amide bonds. The van der Waals surface area contributed by atoms with Crippen molar-refractivity contribution in [2.24, 2.45) is 13.0 Å². The molecule has 0 spiro atoms. The number of nitrogens with one attached hydrogen (secondary N) is 2. The number of nitrogens with zero attached hydrogens (tertiary/aromatic N) is 5. The predicted octanol–water partition coefficient (Wildman–Crippen LogP) is 4.79. The molecule has 8 heteroatoms. The number of piperidine rings is 1. The molecule has 3 aromatic heterocycles. The van der Waals surface area contributed by atoms with Crippen LogP contribution < -0.4 is 10.6 Å². The second-order valence-corrected chi connectivity index (χ2v) is 10.3. The van der Waals surface area contributed by atoms with E-state index >= 15 is 0 Å². The Balaban J connectivity index is 1.36. The van der Waals surface area contributed by atoms with Crippen LogP contribution in [0.2, 0.25) is 0 Å². The minimum absolute atomic E-state index is 0.0533. The van der Waals surface area contributed by atoms with Gasteiger partial charge in [-0.3, -0.25) is 19.7 Å². The van der Waals surface area contributed by atoms with E-state index in [-0.39, 0.29) is 11.9 Å². The van der Waals surface area contributed by atoms with Gasteiger partial charge in [0.05, 0.1) is 23.6 Å². The van der Waals surface area contributed by atoms with E-state index in [4.69, 9.17) is 4.98 Å². The summed E-state index contributed by atoms with van der Waals surface area (Å²) in [6.45, 7) is 1.90. The van der Waals surface area contributed by atoms with Gasteiger partial charge in [0.15, 0.2) is 0 Å². The Labute approximate surface area is 228 Å². The van der Waals surface area contributed by atoms with Crippen LogP contribution in [0.25, 0.3) is 33.1 Å². The highest BCUT2D eigenvalue weighted by Gasteiger charge is 2.30. The number of carbonyl (C=O) groups excluding carboxylic acids is 1. The highest BCUT2D eigenvalue weighted by atomic mass is 16.2. The van der Waals surface area contributed by atoms with Gasteiger partial charge in [0.1, 0.15) is 0 Å². The van der Waals surface area contributed by atoms with Crippen molar-refractivity contribution >= 4 is 33.5 Å². The van der Waals surface area contributed by atoms with Crippen molar-refractivity contribution in [2.45, 2.75) is 18.9 Å². The highest BCUT2D eigenvalue weighted by molar-refractivity contribution is 5.97. The van der Waals surface area contributed by atoms with Crippen LogP contribution in [0.4, 0.5) is 5.69 Å². The van der Waals surface area contributed by atoms with E-state index in [0.29, 0.717) is 12.5 Å². The molecular formula is C31H33N7O. The molecule has 6 rings (SSSR count). The predicted molar refractivity (Wildman–Crippen MR) is 155 cm³/mol. The molecule has 8 nitrogen and oxygen atoms in total. The average molecular weight is 520 g/mol. The Hall–Kier alpha value is -4.30. The molecule has 198 valence electrons. The van der Waals surface area contributed by atoms with Crippen LogP contribution >= 0.6 is 0 Å². The first kappa shape index (κ1) is 25.0. The summed E-state index contributed by atoms with van der Waals surface area (Å²) >= 11 is 0. The number of carbonyl (C=O) groups is 1. The molecule has 1 aliphatic heterocycles. The molecule has 1 atom stereocenters. The summed E-state index contributed by atoms with van der Waals surface area (Å²) in [5, 5.41) is 8.04. The van der Waals surface area contributed by atoms with Crippen molar-refractivity contribution in [3.05, 3.63) is 85.1 Å². The molecule has 4 heterocycles. The van der Waals surface area contributed by atoms with Gasteiger partial charge in [-0.05, 0) is 72.7 Å². The van der Waals surface area contributed by atoms with Crippen LogP contribution in [-0.4, -0.2) is 57.0 Å². The van der Waals surface area contributed by atoms with E-state index in [1.807, 2.05) is 30.4 Å². The van der Waals surface area contributed by atoms with E-state index in [1.165, 1.54) is 10.9 Å². The molecule has 0 bridgehead atoms. The fraction of sp³-hybridized carbons (Fsp3) is 0.290. The number of hydrogen-bond donors (Lipinski definition) is 2. The number of fused-ring (bicyclic) bond motifs is 2. The van der Waals surface area contributed by atoms with Crippen LogP contribution in [0.15, 0.2) is 79.5 Å². The molecule has 0 aliphatic carbocycles. The van der Waals surface area contributed by atoms with E-state index in [0.717, 1.165) is 59.3 Å². The standard InChI is InChI=1S/C31H33N7O/c1-32-20-29(39)38-14-8-22(9-15-38)30(24-4-3-10-33-19-24)36-25-17-26(31-27(18-25)34-11-12-35-31)23-6-5-21-7-13-37(2)28(21)16-23/h3-7,10-13,16-19,22,30,32,36H,8-9,14-15,20H2,1-2H3. The number of amides is 1. The summed E-state index contributed by atoms with van der Waals surface area (Å²) in [7, 11) is 3.88. The van der Waals surface area contributed by atoms with Crippen LogP contribution in [0.3, 0.4) is 0 Å². The van der Waals surface area contributed by atoms with Gasteiger partial charge in [-0.2, -0.15) is 0 Å². The largest absolute Gasteiger partial charge is 0.378 e. The lowest BCUT2D eigenvalue weighted by Crippen LogP contribution is -2.43. The SMILES string of the molecule is CNCC(=O)N1CCC(C(Nc2cc(-c3ccc4ccn(C)c4c3)c3nccnc3c2)c2cccnc2)CC1. The topological polar surface area (TPSA) is 88.0 Å². The Bertz CT molecular complexity index is 1610. The number of pyridine rings is 1. The Kier molecular flexibility index (Phi) is 6.94. The van der Waals surface area contributed by atoms with E-state index < -0.39 is 0 Å². The van der Waals surface area contributed by atoms with Gasteiger partial charge < -0.3 is 20.1 Å². The fourth-order valence-electron chi connectivity index (χ4n) is 5.77. The number of likely N-dealkylation sites (N-methyl/N-ethyl adjacent to an activating group) is 1. The maximum Gasteiger partial charge on any atom is 0.236 e. The number of aryl methyl sites for hydroxylation is 1. The first-order chi connectivity index (χ1) is 19.1. The lowest BCUT2D eigenvalue weighted by molar-refractivity contribution is -0.131. The summed E-state index contributed by atoms with van der Waals surface area (Å²) in [5.74, 6) is 0.517. The zero-order chi connectivity index (χ0) is 26.8. The van der Waals surface area contributed by atoms with Crippen molar-refractivity contribution in [1.82, 2.24) is 29.7 Å². The monoisotopic (exact) mass is 519 g/mol. The van der Waals surface area contributed by atoms with Gasteiger partial charge in [-0.25, -0.2) is 0 Å². The summed E-state index contributed by atoms with van der Waals surface area (Å²) in [4.78, 5) is 28.2. The van der Waals surface area contributed by atoms with E-state index in [2.05, 4.69) is 80.9 Å². The Morgan fingerprint density at radius 1 is 1.05 bits per heavy atom. The lowest BCUT2D eigenvalue weighted by Gasteiger charge is -2.37. The van der Waals surface area contributed by atoms with Crippen molar-refractivity contribution in [3.63, 3.8) is 0 Å². The molecule has 5 aromatic rings. The van der Waals surface area contributed by atoms with Crippen LogP contribution in [-0.2, 0) is 11.8 Å². The quantitative estimate of drug-likeness (QED) is 0.321. The van der Waals surface area contributed by atoms with Crippen molar-refractivity contribution in [3.8, 4) is 11.1 Å². The van der Waals surface area contributed by atoms with Crippen LogP contribution in [0.1, 0.15) is 24.4 Å². The van der Waals surface area contributed by atoms with Gasteiger partial charge in [0.25, 0.3) is 0 Å². The van der Waals surface area contributed by atoms with Gasteiger partial charge in [0, 0.05) is 67.9 Å². The van der Waals surface area contributed by atoms with Crippen molar-refractivity contribution in [2.75, 3.05) is 32.0 Å². The van der Waals surface area contributed by atoms with Gasteiger partial charge in [-0.15, -0.1) is 0 Å². The zero-order valence-electron chi connectivity index (χ0n) is 22.3. The molecule has 1 unspecified atom stereocenters. The molecular weight excluding hydrogens is 486 g/mol. The van der Waals surface area contributed by atoms with E-state index in [1.54, 1.807) is 12.4 Å². The van der Waals surface area contributed by atoms with Gasteiger partial charge in [-0.1, -0.05) is 18.2 Å². The smallest absolute Gasteiger partial charge is 0.236 e. The number of rotatable bonds is 7. The second kappa shape index (κ2) is 10.8. The van der Waals surface area contributed by atoms with Gasteiger partial charge >= 0.3 is 0 Å². The zero-order valence-corrected chi connectivity index (χ0v) is 22.3. The summed E-state index contributed by atoms with van der Waals surface area (Å²) in [6, 6.07) is 17.1. The summed E-state index contributed by atoms with van der Waals surface area (Å²) < 4.78 is 2.14. The third-order valence-corrected chi connectivity index (χ3v) is 7.83. The minimum atomic E-state index is 0.0533. The molecule has 1 aliphatic rings. The van der Waals surface area contributed by atoms with E-state index in [9.17, 15) is 4.79 Å². The maximum atomic E-state index is 12.4. The first-order valence-electron chi connectivity index (χ1n) is 13.5. The Morgan fingerprint density at radius 2 is 1.90 bits per heavy atom. The van der Waals surface area contributed by atoms with Crippen LogP contribution in [0, 0.1) is 5.92 Å². The lowest BCUT2D eigenvalue weighted by atomic mass is 9.85. The number of hydrogen-bond acceptors (Lipinski definition) is 6.